The average molecular weight is 279 g/mol. The van der Waals surface area contributed by atoms with Crippen molar-refractivity contribution in [3.63, 3.8) is 0 Å². The topological polar surface area (TPSA) is 58.4 Å². The smallest absolute Gasteiger partial charge is 0.239 e. The van der Waals surface area contributed by atoms with Crippen molar-refractivity contribution in [2.75, 3.05) is 18.0 Å². The average Bonchev–Trinajstić information content (AvgIpc) is 2.70. The van der Waals surface area contributed by atoms with Crippen molar-refractivity contribution in [1.29, 1.82) is 0 Å². The molecule has 0 aliphatic carbocycles. The number of benzene rings is 1. The Morgan fingerprint density at radius 3 is 2.85 bits per heavy atom. The summed E-state index contributed by atoms with van der Waals surface area (Å²) < 4.78 is 13.4. The zero-order chi connectivity index (χ0) is 14.9. The molecule has 2 rings (SSSR count). The van der Waals surface area contributed by atoms with Crippen molar-refractivity contribution in [3.8, 4) is 0 Å². The van der Waals surface area contributed by atoms with Crippen molar-refractivity contribution in [3.05, 3.63) is 29.6 Å². The Kier molecular flexibility index (Phi) is 3.99. The van der Waals surface area contributed by atoms with Gasteiger partial charge in [-0.3, -0.25) is 10.1 Å². The first-order valence-electron chi connectivity index (χ1n) is 6.93. The number of amides is 1. The molecule has 4 nitrogen and oxygen atoms in total. The fourth-order valence-electron chi connectivity index (χ4n) is 2.80. The molecule has 0 bridgehead atoms. The number of rotatable bonds is 5. The van der Waals surface area contributed by atoms with Crippen LogP contribution in [-0.2, 0) is 11.2 Å². The number of anilines is 1. The van der Waals surface area contributed by atoms with Gasteiger partial charge in [0.1, 0.15) is 11.4 Å². The van der Waals surface area contributed by atoms with Crippen LogP contribution in [0, 0.1) is 5.82 Å². The van der Waals surface area contributed by atoms with Gasteiger partial charge in [0.2, 0.25) is 5.91 Å². The Bertz CT molecular complexity index is 518. The van der Waals surface area contributed by atoms with Crippen molar-refractivity contribution in [2.24, 2.45) is 5.73 Å². The summed E-state index contributed by atoms with van der Waals surface area (Å²) in [4.78, 5) is 13.8. The first-order chi connectivity index (χ1) is 9.32. The van der Waals surface area contributed by atoms with Crippen LogP contribution in [0.4, 0.5) is 10.1 Å². The first kappa shape index (κ1) is 14.8. The molecule has 5 heteroatoms. The molecule has 1 heterocycles. The summed E-state index contributed by atoms with van der Waals surface area (Å²) in [7, 11) is 0. The van der Waals surface area contributed by atoms with E-state index in [4.69, 9.17) is 5.73 Å². The normalized spacial score (nSPS) is 17.1. The van der Waals surface area contributed by atoms with E-state index in [1.54, 1.807) is 6.92 Å². The number of primary amides is 1. The summed E-state index contributed by atoms with van der Waals surface area (Å²) in [6.07, 6.45) is 0.867. The molecule has 0 saturated carbocycles. The maximum Gasteiger partial charge on any atom is 0.239 e. The lowest BCUT2D eigenvalue weighted by atomic mass is 9.99. The number of fused-ring (bicyclic) bond motifs is 1. The minimum absolute atomic E-state index is 0.141. The van der Waals surface area contributed by atoms with Crippen molar-refractivity contribution < 1.29 is 9.18 Å². The molecule has 1 atom stereocenters. The molecule has 1 unspecified atom stereocenters. The number of nitrogens with one attached hydrogen (secondary N) is 1. The number of nitrogens with zero attached hydrogens (tertiary/aromatic N) is 1. The lowest BCUT2D eigenvalue weighted by Gasteiger charge is -2.35. The van der Waals surface area contributed by atoms with Gasteiger partial charge in [0, 0.05) is 24.8 Å². The van der Waals surface area contributed by atoms with Gasteiger partial charge in [-0.2, -0.15) is 0 Å². The van der Waals surface area contributed by atoms with E-state index in [-0.39, 0.29) is 11.9 Å². The number of nitrogens with two attached hydrogens (primary N) is 1. The van der Waals surface area contributed by atoms with Gasteiger partial charge < -0.3 is 10.6 Å². The molecule has 20 heavy (non-hydrogen) atoms. The molecule has 0 fully saturated rings. The van der Waals surface area contributed by atoms with Crippen LogP contribution >= 0.6 is 0 Å². The van der Waals surface area contributed by atoms with Gasteiger partial charge in [-0.05, 0) is 44.9 Å². The van der Waals surface area contributed by atoms with Crippen LogP contribution in [0.1, 0.15) is 26.3 Å². The first-order valence-corrected chi connectivity index (χ1v) is 6.93. The Hall–Kier alpha value is -1.62. The zero-order valence-electron chi connectivity index (χ0n) is 12.2. The Morgan fingerprint density at radius 2 is 2.25 bits per heavy atom. The summed E-state index contributed by atoms with van der Waals surface area (Å²) in [5.74, 6) is -0.649. The van der Waals surface area contributed by atoms with Crippen LogP contribution in [0.3, 0.4) is 0 Å². The molecular weight excluding hydrogens is 257 g/mol. The Morgan fingerprint density at radius 1 is 1.55 bits per heavy atom. The minimum atomic E-state index is -0.831. The van der Waals surface area contributed by atoms with Crippen LogP contribution in [0.15, 0.2) is 18.2 Å². The predicted octanol–water partition coefficient (Wildman–Crippen LogP) is 1.43. The van der Waals surface area contributed by atoms with Crippen LogP contribution in [0.25, 0.3) is 0 Å². The molecule has 0 saturated heterocycles. The van der Waals surface area contributed by atoms with E-state index >= 15 is 0 Å². The molecular formula is C15H22FN3O. The second-order valence-corrected chi connectivity index (χ2v) is 5.94. The molecule has 0 radical (unpaired) electrons. The third kappa shape index (κ3) is 2.93. The van der Waals surface area contributed by atoms with Crippen molar-refractivity contribution >= 4 is 11.6 Å². The minimum Gasteiger partial charge on any atom is -0.369 e. The lowest BCUT2D eigenvalue weighted by molar-refractivity contribution is -0.123. The van der Waals surface area contributed by atoms with Gasteiger partial charge >= 0.3 is 0 Å². The Labute approximate surface area is 119 Å². The monoisotopic (exact) mass is 279 g/mol. The van der Waals surface area contributed by atoms with Crippen LogP contribution in [-0.4, -0.2) is 30.6 Å². The van der Waals surface area contributed by atoms with Gasteiger partial charge in [0.05, 0.1) is 0 Å². The summed E-state index contributed by atoms with van der Waals surface area (Å²) in [5.41, 5.74) is 6.69. The molecule has 1 aliphatic heterocycles. The standard InChI is InChI=1S/C15H22FN3O/c1-10(2)18-15(3,14(17)20)9-19-7-6-11-4-5-12(16)8-13(11)19/h4-5,8,10,18H,6-7,9H2,1-3H3,(H2,17,20). The summed E-state index contributed by atoms with van der Waals surface area (Å²) in [6.45, 7) is 6.96. The molecule has 1 aliphatic rings. The van der Waals surface area contributed by atoms with Gasteiger partial charge in [-0.15, -0.1) is 0 Å². The molecule has 0 spiro atoms. The van der Waals surface area contributed by atoms with E-state index in [9.17, 15) is 9.18 Å². The third-order valence-electron chi connectivity index (χ3n) is 3.70. The maximum absolute atomic E-state index is 13.4. The number of carbonyl (C=O) groups is 1. The van der Waals surface area contributed by atoms with E-state index in [0.717, 1.165) is 24.2 Å². The lowest BCUT2D eigenvalue weighted by Crippen LogP contribution is -2.61. The van der Waals surface area contributed by atoms with E-state index < -0.39 is 11.4 Å². The second-order valence-electron chi connectivity index (χ2n) is 5.94. The quantitative estimate of drug-likeness (QED) is 0.857. The maximum atomic E-state index is 13.4. The summed E-state index contributed by atoms with van der Waals surface area (Å²) in [6, 6.07) is 4.95. The van der Waals surface area contributed by atoms with Crippen molar-refractivity contribution in [1.82, 2.24) is 5.32 Å². The zero-order valence-corrected chi connectivity index (χ0v) is 12.2. The molecule has 0 aromatic heterocycles. The van der Waals surface area contributed by atoms with E-state index in [2.05, 4.69) is 5.32 Å². The van der Waals surface area contributed by atoms with E-state index in [1.807, 2.05) is 24.8 Å². The molecule has 1 amide bonds. The SMILES string of the molecule is CC(C)NC(C)(CN1CCc2ccc(F)cc21)C(N)=O. The highest BCUT2D eigenvalue weighted by Gasteiger charge is 2.35. The van der Waals surface area contributed by atoms with Gasteiger partial charge in [0.25, 0.3) is 0 Å². The number of hydrogen-bond acceptors (Lipinski definition) is 3. The van der Waals surface area contributed by atoms with Crippen LogP contribution in [0.2, 0.25) is 0 Å². The number of halogens is 1. The van der Waals surface area contributed by atoms with Crippen LogP contribution < -0.4 is 16.0 Å². The molecule has 110 valence electrons. The second kappa shape index (κ2) is 5.40. The highest BCUT2D eigenvalue weighted by atomic mass is 19.1. The van der Waals surface area contributed by atoms with Gasteiger partial charge in [-0.1, -0.05) is 6.07 Å². The van der Waals surface area contributed by atoms with Gasteiger partial charge in [0.15, 0.2) is 0 Å². The highest BCUT2D eigenvalue weighted by Crippen LogP contribution is 2.29. The highest BCUT2D eigenvalue weighted by molar-refractivity contribution is 5.85. The van der Waals surface area contributed by atoms with E-state index in [0.29, 0.717) is 6.54 Å². The Balaban J connectivity index is 2.22. The van der Waals surface area contributed by atoms with Crippen molar-refractivity contribution in [2.45, 2.75) is 38.8 Å². The molecule has 1 aromatic carbocycles. The third-order valence-corrected chi connectivity index (χ3v) is 3.70. The molecule has 1 aromatic rings. The number of hydrogen-bond donors (Lipinski definition) is 2. The fourth-order valence-corrected chi connectivity index (χ4v) is 2.80. The number of carbonyl (C=O) groups excluding carboxylic acids is 1. The van der Waals surface area contributed by atoms with Crippen LogP contribution in [0.5, 0.6) is 0 Å². The fraction of sp³-hybridized carbons (Fsp3) is 0.533. The molecule has 3 N–H and O–H groups in total. The van der Waals surface area contributed by atoms with E-state index in [1.165, 1.54) is 12.1 Å². The summed E-state index contributed by atoms with van der Waals surface area (Å²) in [5, 5.41) is 3.22. The largest absolute Gasteiger partial charge is 0.369 e. The predicted molar refractivity (Wildman–Crippen MR) is 78.2 cm³/mol. The summed E-state index contributed by atoms with van der Waals surface area (Å²) >= 11 is 0. The van der Waals surface area contributed by atoms with Gasteiger partial charge in [-0.25, -0.2) is 4.39 Å².